The summed E-state index contributed by atoms with van der Waals surface area (Å²) in [6, 6.07) is 0. The zero-order valence-electron chi connectivity index (χ0n) is 9.55. The molecule has 0 rings (SSSR count). The zero-order chi connectivity index (χ0) is 9.98. The van der Waals surface area contributed by atoms with Crippen LogP contribution in [0.15, 0.2) is 0 Å². The average Bonchev–Trinajstić information content (AvgIpc) is 2.05. The fourth-order valence-electron chi connectivity index (χ4n) is 0.846. The molecule has 0 aliphatic rings. The maximum atomic E-state index is 5.02. The van der Waals surface area contributed by atoms with E-state index in [0.717, 1.165) is 13.2 Å². The molecule has 0 amide bonds. The van der Waals surface area contributed by atoms with Crippen molar-refractivity contribution in [3.8, 4) is 0 Å². The Labute approximate surface area is 77.9 Å². The Morgan fingerprint density at radius 3 is 2.08 bits per heavy atom. The highest BCUT2D eigenvalue weighted by Gasteiger charge is 2.00. The van der Waals surface area contributed by atoms with E-state index in [-0.39, 0.29) is 0 Å². The highest BCUT2D eigenvalue weighted by molar-refractivity contribution is 4.53. The van der Waals surface area contributed by atoms with E-state index >= 15 is 0 Å². The Morgan fingerprint density at radius 1 is 1.25 bits per heavy atom. The van der Waals surface area contributed by atoms with Crippen LogP contribution in [0.5, 0.6) is 0 Å². The van der Waals surface area contributed by atoms with Crippen molar-refractivity contribution in [3.63, 3.8) is 0 Å². The van der Waals surface area contributed by atoms with Gasteiger partial charge in [0.15, 0.2) is 0 Å². The first-order chi connectivity index (χ1) is 5.66. The third-order valence-corrected chi connectivity index (χ3v) is 1.52. The standard InChI is InChI=1S/C8H19NO.C2H6/c1-8(7-10-4)5-6-9(2)3;1-2/h8H,5-7H2,1-4H3;1-2H3. The van der Waals surface area contributed by atoms with Gasteiger partial charge in [-0.1, -0.05) is 20.8 Å². The Bertz CT molecular complexity index is 74.2. The molecule has 1 unspecified atom stereocenters. The summed E-state index contributed by atoms with van der Waals surface area (Å²) in [6.07, 6.45) is 1.22. The smallest absolute Gasteiger partial charge is 0.0488 e. The number of hydrogen-bond donors (Lipinski definition) is 0. The lowest BCUT2D eigenvalue weighted by Crippen LogP contribution is -2.17. The van der Waals surface area contributed by atoms with Crippen LogP contribution in [-0.4, -0.2) is 39.3 Å². The van der Waals surface area contributed by atoms with E-state index < -0.39 is 0 Å². The van der Waals surface area contributed by atoms with Crippen LogP contribution in [0.4, 0.5) is 0 Å². The number of hydrogen-bond acceptors (Lipinski definition) is 2. The molecule has 0 fully saturated rings. The number of rotatable bonds is 5. The second kappa shape index (κ2) is 10.9. The molecule has 0 aliphatic carbocycles. The molecule has 76 valence electrons. The van der Waals surface area contributed by atoms with Gasteiger partial charge in [-0.25, -0.2) is 0 Å². The van der Waals surface area contributed by atoms with Gasteiger partial charge in [-0.05, 0) is 33.0 Å². The fourth-order valence-corrected chi connectivity index (χ4v) is 0.846. The molecule has 0 heterocycles. The van der Waals surface area contributed by atoms with E-state index in [0.29, 0.717) is 5.92 Å². The van der Waals surface area contributed by atoms with Gasteiger partial charge in [-0.3, -0.25) is 0 Å². The molecule has 12 heavy (non-hydrogen) atoms. The molecule has 0 saturated carbocycles. The summed E-state index contributed by atoms with van der Waals surface area (Å²) in [5.41, 5.74) is 0. The van der Waals surface area contributed by atoms with Gasteiger partial charge in [0.25, 0.3) is 0 Å². The van der Waals surface area contributed by atoms with Gasteiger partial charge in [-0.2, -0.15) is 0 Å². The van der Waals surface area contributed by atoms with Crippen molar-refractivity contribution in [3.05, 3.63) is 0 Å². The van der Waals surface area contributed by atoms with Crippen LogP contribution in [0.1, 0.15) is 27.2 Å². The predicted octanol–water partition coefficient (Wildman–Crippen LogP) is 2.25. The van der Waals surface area contributed by atoms with Gasteiger partial charge >= 0.3 is 0 Å². The quantitative estimate of drug-likeness (QED) is 0.635. The molecule has 1 atom stereocenters. The van der Waals surface area contributed by atoms with Crippen molar-refractivity contribution in [1.82, 2.24) is 4.90 Å². The molecule has 0 spiro atoms. The van der Waals surface area contributed by atoms with Crippen molar-refractivity contribution in [2.45, 2.75) is 27.2 Å². The van der Waals surface area contributed by atoms with Crippen LogP contribution in [0.25, 0.3) is 0 Å². The van der Waals surface area contributed by atoms with E-state index in [2.05, 4.69) is 25.9 Å². The van der Waals surface area contributed by atoms with E-state index in [9.17, 15) is 0 Å². The average molecular weight is 175 g/mol. The second-order valence-electron chi connectivity index (χ2n) is 3.15. The normalized spacial score (nSPS) is 12.2. The molecule has 0 aromatic heterocycles. The van der Waals surface area contributed by atoms with Crippen LogP contribution in [-0.2, 0) is 4.74 Å². The first-order valence-electron chi connectivity index (χ1n) is 4.80. The summed E-state index contributed by atoms with van der Waals surface area (Å²) in [6.45, 7) is 8.26. The van der Waals surface area contributed by atoms with E-state index in [1.165, 1.54) is 6.42 Å². The summed E-state index contributed by atoms with van der Waals surface area (Å²) < 4.78 is 5.02. The van der Waals surface area contributed by atoms with Gasteiger partial charge in [-0.15, -0.1) is 0 Å². The molecular weight excluding hydrogens is 150 g/mol. The van der Waals surface area contributed by atoms with Crippen LogP contribution in [0.3, 0.4) is 0 Å². The van der Waals surface area contributed by atoms with Crippen molar-refractivity contribution in [2.75, 3.05) is 34.4 Å². The molecule has 2 heteroatoms. The lowest BCUT2D eigenvalue weighted by molar-refractivity contribution is 0.150. The van der Waals surface area contributed by atoms with Crippen LogP contribution in [0.2, 0.25) is 0 Å². The molecule has 0 N–H and O–H groups in total. The molecule has 2 nitrogen and oxygen atoms in total. The Balaban J connectivity index is 0. The zero-order valence-corrected chi connectivity index (χ0v) is 9.55. The number of methoxy groups -OCH3 is 1. The molecule has 0 radical (unpaired) electrons. The largest absolute Gasteiger partial charge is 0.384 e. The van der Waals surface area contributed by atoms with E-state index in [1.807, 2.05) is 13.8 Å². The minimum absolute atomic E-state index is 0.687. The second-order valence-corrected chi connectivity index (χ2v) is 3.15. The first kappa shape index (κ1) is 14.4. The highest BCUT2D eigenvalue weighted by Crippen LogP contribution is 2.01. The van der Waals surface area contributed by atoms with Crippen molar-refractivity contribution < 1.29 is 4.74 Å². The molecule has 0 aromatic rings. The fraction of sp³-hybridized carbons (Fsp3) is 1.00. The maximum Gasteiger partial charge on any atom is 0.0488 e. The van der Waals surface area contributed by atoms with Crippen LogP contribution >= 0.6 is 0 Å². The van der Waals surface area contributed by atoms with Gasteiger partial charge < -0.3 is 9.64 Å². The van der Waals surface area contributed by atoms with Crippen LogP contribution < -0.4 is 0 Å². The highest BCUT2D eigenvalue weighted by atomic mass is 16.5. The van der Waals surface area contributed by atoms with Crippen molar-refractivity contribution >= 4 is 0 Å². The summed E-state index contributed by atoms with van der Waals surface area (Å²) in [5.74, 6) is 0.687. The predicted molar refractivity (Wildman–Crippen MR) is 55.6 cm³/mol. The Hall–Kier alpha value is -0.0800. The van der Waals surface area contributed by atoms with Gasteiger partial charge in [0.1, 0.15) is 0 Å². The summed E-state index contributed by atoms with van der Waals surface area (Å²) in [5, 5.41) is 0. The van der Waals surface area contributed by atoms with Gasteiger partial charge in [0.05, 0.1) is 0 Å². The van der Waals surface area contributed by atoms with E-state index in [4.69, 9.17) is 4.74 Å². The Morgan fingerprint density at radius 2 is 1.75 bits per heavy atom. The minimum atomic E-state index is 0.687. The summed E-state index contributed by atoms with van der Waals surface area (Å²) in [7, 11) is 5.95. The van der Waals surface area contributed by atoms with Crippen molar-refractivity contribution in [1.29, 1.82) is 0 Å². The molecular formula is C10H25NO. The lowest BCUT2D eigenvalue weighted by atomic mass is 10.1. The van der Waals surface area contributed by atoms with Crippen LogP contribution in [0, 0.1) is 5.92 Å². The summed E-state index contributed by atoms with van der Waals surface area (Å²) in [4.78, 5) is 2.20. The van der Waals surface area contributed by atoms with Gasteiger partial charge in [0, 0.05) is 13.7 Å². The number of nitrogens with zero attached hydrogens (tertiary/aromatic N) is 1. The summed E-state index contributed by atoms with van der Waals surface area (Å²) >= 11 is 0. The molecule has 0 aromatic carbocycles. The van der Waals surface area contributed by atoms with Crippen molar-refractivity contribution in [2.24, 2.45) is 5.92 Å². The Kier molecular flexibility index (Phi) is 13.1. The molecule has 0 saturated heterocycles. The topological polar surface area (TPSA) is 12.5 Å². The monoisotopic (exact) mass is 175 g/mol. The third-order valence-electron chi connectivity index (χ3n) is 1.52. The van der Waals surface area contributed by atoms with E-state index in [1.54, 1.807) is 7.11 Å². The lowest BCUT2D eigenvalue weighted by Gasteiger charge is -2.13. The van der Waals surface area contributed by atoms with Gasteiger partial charge in [0.2, 0.25) is 0 Å². The molecule has 0 aliphatic heterocycles. The maximum absolute atomic E-state index is 5.02. The SMILES string of the molecule is CC.COCC(C)CCN(C)C. The minimum Gasteiger partial charge on any atom is -0.384 e. The third kappa shape index (κ3) is 12.6. The molecule has 0 bridgehead atoms. The first-order valence-corrected chi connectivity index (χ1v) is 4.80. The number of ether oxygens (including phenoxy) is 1.